The molecule has 0 unspecified atom stereocenters. The van der Waals surface area contributed by atoms with Gasteiger partial charge in [-0.1, -0.05) is 94.4 Å². The van der Waals surface area contributed by atoms with E-state index in [2.05, 4.69) is 118 Å². The van der Waals surface area contributed by atoms with Crippen LogP contribution >= 0.6 is 0 Å². The minimum absolute atomic E-state index is 0.348. The van der Waals surface area contributed by atoms with E-state index in [1.807, 2.05) is 18.3 Å². The number of rotatable bonds is 5. The molecule has 7 rings (SSSR count). The van der Waals surface area contributed by atoms with Gasteiger partial charge in [-0.2, -0.15) is 0 Å². The van der Waals surface area contributed by atoms with Gasteiger partial charge in [0.2, 0.25) is 0 Å². The first-order chi connectivity index (χ1) is 19.9. The van der Waals surface area contributed by atoms with Crippen molar-refractivity contribution in [1.82, 2.24) is 14.5 Å². The Morgan fingerprint density at radius 2 is 1.44 bits per heavy atom. The summed E-state index contributed by atoms with van der Waals surface area (Å²) in [5.74, 6) is 1.56. The minimum Gasteiger partial charge on any atom is -0.454 e. The lowest BCUT2D eigenvalue weighted by molar-refractivity contribution is 0.668. The van der Waals surface area contributed by atoms with Gasteiger partial charge in [0.1, 0.15) is 16.9 Å². The fourth-order valence-corrected chi connectivity index (χ4v) is 6.15. The molecule has 0 aliphatic rings. The summed E-state index contributed by atoms with van der Waals surface area (Å²) in [6.07, 6.45) is 1.89. The molecule has 0 bridgehead atoms. The van der Waals surface area contributed by atoms with Crippen LogP contribution in [-0.4, -0.2) is 14.5 Å². The van der Waals surface area contributed by atoms with Gasteiger partial charge in [0.25, 0.3) is 0 Å². The first-order valence-electron chi connectivity index (χ1n) is 14.4. The molecule has 3 aromatic heterocycles. The second kappa shape index (κ2) is 9.74. The number of imidazole rings is 1. The van der Waals surface area contributed by atoms with Gasteiger partial charge >= 0.3 is 0 Å². The van der Waals surface area contributed by atoms with Crippen molar-refractivity contribution in [3.05, 3.63) is 114 Å². The average molecular weight is 536 g/mol. The van der Waals surface area contributed by atoms with Gasteiger partial charge in [-0.05, 0) is 70.8 Å². The number of furan rings is 1. The molecule has 0 spiro atoms. The zero-order chi connectivity index (χ0) is 28.2. The molecule has 4 aromatic carbocycles. The van der Waals surface area contributed by atoms with E-state index in [1.165, 1.54) is 22.4 Å². The van der Waals surface area contributed by atoms with E-state index in [0.717, 1.165) is 55.6 Å². The van der Waals surface area contributed by atoms with Gasteiger partial charge in [0, 0.05) is 11.6 Å². The highest BCUT2D eigenvalue weighted by molar-refractivity contribution is 6.09. The Labute approximate surface area is 240 Å². The predicted octanol–water partition coefficient (Wildman–Crippen LogP) is 10.2. The zero-order valence-electron chi connectivity index (χ0n) is 24.1. The number of para-hydroxylation sites is 3. The number of hydrogen-bond acceptors (Lipinski definition) is 3. The molecule has 7 aromatic rings. The first kappa shape index (κ1) is 25.3. The van der Waals surface area contributed by atoms with Crippen molar-refractivity contribution in [2.75, 3.05) is 0 Å². The van der Waals surface area contributed by atoms with Gasteiger partial charge in [-0.15, -0.1) is 0 Å². The van der Waals surface area contributed by atoms with Crippen LogP contribution in [0.4, 0.5) is 0 Å². The van der Waals surface area contributed by atoms with E-state index in [4.69, 9.17) is 14.4 Å². The molecule has 4 nitrogen and oxygen atoms in total. The summed E-state index contributed by atoms with van der Waals surface area (Å²) in [5, 5.41) is 1.05. The van der Waals surface area contributed by atoms with Crippen LogP contribution in [0.25, 0.3) is 61.3 Å². The Bertz CT molecular complexity index is 2040. The van der Waals surface area contributed by atoms with Crippen molar-refractivity contribution >= 4 is 33.1 Å². The molecule has 3 heterocycles. The van der Waals surface area contributed by atoms with E-state index >= 15 is 0 Å². The second-order valence-electron chi connectivity index (χ2n) is 11.5. The summed E-state index contributed by atoms with van der Waals surface area (Å²) < 4.78 is 9.06. The lowest BCUT2D eigenvalue weighted by atomic mass is 9.92. The number of aryl methyl sites for hydroxylation is 1. The summed E-state index contributed by atoms with van der Waals surface area (Å²) in [6.45, 7) is 11.2. The standard InChI is InChI=1S/C37H33N3O/c1-22(2)27-14-11-15-28(23(3)4)35(27)40-31-17-10-9-16-30(31)39-37(40)29-18-19-38-34-33-24(5)20-26(21-32(33)41-36(29)34)25-12-7-6-8-13-25/h6-23H,1-5H3. The summed E-state index contributed by atoms with van der Waals surface area (Å²) >= 11 is 0. The van der Waals surface area contributed by atoms with E-state index in [-0.39, 0.29) is 0 Å². The van der Waals surface area contributed by atoms with Crippen LogP contribution in [0.5, 0.6) is 0 Å². The number of benzene rings is 4. The van der Waals surface area contributed by atoms with Crippen molar-refractivity contribution in [3.63, 3.8) is 0 Å². The van der Waals surface area contributed by atoms with E-state index in [1.54, 1.807) is 0 Å². The Balaban J connectivity index is 1.56. The van der Waals surface area contributed by atoms with Crippen LogP contribution in [0, 0.1) is 6.92 Å². The maximum Gasteiger partial charge on any atom is 0.164 e. The van der Waals surface area contributed by atoms with Crippen LogP contribution in [0.15, 0.2) is 102 Å². The van der Waals surface area contributed by atoms with Crippen LogP contribution < -0.4 is 0 Å². The van der Waals surface area contributed by atoms with Crippen molar-refractivity contribution in [1.29, 1.82) is 0 Å². The number of nitrogens with zero attached hydrogens (tertiary/aromatic N) is 3. The van der Waals surface area contributed by atoms with Crippen molar-refractivity contribution < 1.29 is 4.42 Å². The van der Waals surface area contributed by atoms with Crippen LogP contribution in [0.2, 0.25) is 0 Å². The molecule has 0 amide bonds. The fourth-order valence-electron chi connectivity index (χ4n) is 6.15. The molecular formula is C37H33N3O. The Morgan fingerprint density at radius 3 is 2.17 bits per heavy atom. The van der Waals surface area contributed by atoms with Gasteiger partial charge in [0.05, 0.1) is 22.3 Å². The lowest BCUT2D eigenvalue weighted by Gasteiger charge is -2.22. The van der Waals surface area contributed by atoms with E-state index < -0.39 is 0 Å². The quantitative estimate of drug-likeness (QED) is 0.220. The first-order valence-corrected chi connectivity index (χ1v) is 14.4. The highest BCUT2D eigenvalue weighted by Crippen LogP contribution is 2.41. The molecule has 0 atom stereocenters. The maximum absolute atomic E-state index is 6.71. The normalized spacial score (nSPS) is 12.0. The molecular weight excluding hydrogens is 502 g/mol. The SMILES string of the molecule is Cc1cc(-c2ccccc2)cc2oc3c(-c4nc5ccccc5n4-c4c(C(C)C)cccc4C(C)C)ccnc3c12. The molecule has 0 aliphatic carbocycles. The average Bonchev–Trinajstić information content (AvgIpc) is 3.56. The van der Waals surface area contributed by atoms with Gasteiger partial charge in [0.15, 0.2) is 5.58 Å². The Morgan fingerprint density at radius 1 is 0.732 bits per heavy atom. The monoisotopic (exact) mass is 535 g/mol. The number of pyridine rings is 1. The van der Waals surface area contributed by atoms with Crippen molar-refractivity contribution in [2.24, 2.45) is 0 Å². The third-order valence-corrected chi connectivity index (χ3v) is 8.13. The van der Waals surface area contributed by atoms with Crippen molar-refractivity contribution in [3.8, 4) is 28.2 Å². The molecule has 202 valence electrons. The summed E-state index contributed by atoms with van der Waals surface area (Å²) in [5.41, 5.74) is 12.7. The van der Waals surface area contributed by atoms with Crippen LogP contribution in [0.1, 0.15) is 56.2 Å². The second-order valence-corrected chi connectivity index (χ2v) is 11.5. The molecule has 0 aliphatic heterocycles. The largest absolute Gasteiger partial charge is 0.454 e. The highest BCUT2D eigenvalue weighted by atomic mass is 16.3. The van der Waals surface area contributed by atoms with Gasteiger partial charge in [-0.25, -0.2) is 4.98 Å². The number of hydrogen-bond donors (Lipinski definition) is 0. The van der Waals surface area contributed by atoms with Gasteiger partial charge < -0.3 is 4.42 Å². The molecule has 0 saturated heterocycles. The van der Waals surface area contributed by atoms with Crippen LogP contribution in [0.3, 0.4) is 0 Å². The van der Waals surface area contributed by atoms with Crippen LogP contribution in [-0.2, 0) is 0 Å². The van der Waals surface area contributed by atoms with E-state index in [9.17, 15) is 0 Å². The van der Waals surface area contributed by atoms with E-state index in [0.29, 0.717) is 11.8 Å². The highest BCUT2D eigenvalue weighted by Gasteiger charge is 2.25. The lowest BCUT2D eigenvalue weighted by Crippen LogP contribution is -2.08. The topological polar surface area (TPSA) is 43.9 Å². The number of aromatic nitrogens is 3. The molecule has 4 heteroatoms. The molecule has 0 radical (unpaired) electrons. The van der Waals surface area contributed by atoms with Gasteiger partial charge in [-0.3, -0.25) is 9.55 Å². The van der Waals surface area contributed by atoms with Crippen molar-refractivity contribution in [2.45, 2.75) is 46.5 Å². The predicted molar refractivity (Wildman–Crippen MR) is 170 cm³/mol. The smallest absolute Gasteiger partial charge is 0.164 e. The third kappa shape index (κ3) is 4.05. The Kier molecular flexibility index (Phi) is 6.01. The summed E-state index contributed by atoms with van der Waals surface area (Å²) in [6, 6.07) is 31.9. The third-order valence-electron chi connectivity index (χ3n) is 8.13. The zero-order valence-corrected chi connectivity index (χ0v) is 24.1. The minimum atomic E-state index is 0.348. The fraction of sp³-hybridized carbons (Fsp3) is 0.189. The molecule has 0 N–H and O–H groups in total. The summed E-state index contributed by atoms with van der Waals surface area (Å²) in [7, 11) is 0. The Hall–Kier alpha value is -4.70. The molecule has 41 heavy (non-hydrogen) atoms. The summed E-state index contributed by atoms with van der Waals surface area (Å²) in [4.78, 5) is 10.1. The number of fused-ring (bicyclic) bond motifs is 4. The molecule has 0 saturated carbocycles. The molecule has 0 fully saturated rings. The maximum atomic E-state index is 6.71.